The summed E-state index contributed by atoms with van der Waals surface area (Å²) in [5.74, 6) is 2.21. The van der Waals surface area contributed by atoms with E-state index in [0.717, 1.165) is 37.8 Å². The van der Waals surface area contributed by atoms with E-state index in [4.69, 9.17) is 4.74 Å². The topological polar surface area (TPSA) is 50.4 Å². The van der Waals surface area contributed by atoms with Crippen LogP contribution in [0.2, 0.25) is 0 Å². The highest BCUT2D eigenvalue weighted by molar-refractivity contribution is 5.97. The number of rotatable bonds is 4. The standard InChI is InChI=1S/C17H24N2O2/c1-2-21-16-6-4-3-5-15(16)17(20)19-14-8-7-12-10-18-11-13(12)9-14/h3-6,12-14,18H,2,7-11H2,1H3,(H,19,20)/t12-,13+,14?/m0/s1. The Bertz CT molecular complexity index is 503. The maximum absolute atomic E-state index is 12.5. The second kappa shape index (κ2) is 6.48. The number of amides is 1. The van der Waals surface area contributed by atoms with Crippen LogP contribution < -0.4 is 15.4 Å². The summed E-state index contributed by atoms with van der Waals surface area (Å²) < 4.78 is 5.55. The quantitative estimate of drug-likeness (QED) is 0.893. The maximum atomic E-state index is 12.5. The molecule has 3 atom stereocenters. The van der Waals surface area contributed by atoms with Gasteiger partial charge in [0, 0.05) is 6.04 Å². The molecule has 114 valence electrons. The van der Waals surface area contributed by atoms with Gasteiger partial charge in [-0.3, -0.25) is 4.79 Å². The molecule has 0 radical (unpaired) electrons. The lowest BCUT2D eigenvalue weighted by Crippen LogP contribution is -2.40. The Morgan fingerprint density at radius 3 is 2.95 bits per heavy atom. The highest BCUT2D eigenvalue weighted by atomic mass is 16.5. The van der Waals surface area contributed by atoms with Crippen molar-refractivity contribution in [1.82, 2.24) is 10.6 Å². The average molecular weight is 288 g/mol. The zero-order chi connectivity index (χ0) is 14.7. The minimum Gasteiger partial charge on any atom is -0.493 e. The van der Waals surface area contributed by atoms with E-state index < -0.39 is 0 Å². The molecule has 1 aromatic carbocycles. The van der Waals surface area contributed by atoms with Crippen molar-refractivity contribution in [2.75, 3.05) is 19.7 Å². The van der Waals surface area contributed by atoms with E-state index in [1.807, 2.05) is 31.2 Å². The van der Waals surface area contributed by atoms with E-state index in [1.165, 1.54) is 6.42 Å². The molecule has 1 aliphatic carbocycles. The molecule has 1 unspecified atom stereocenters. The molecular formula is C17H24N2O2. The predicted octanol–water partition coefficient (Wildman–Crippen LogP) is 2.20. The monoisotopic (exact) mass is 288 g/mol. The maximum Gasteiger partial charge on any atom is 0.255 e. The van der Waals surface area contributed by atoms with Gasteiger partial charge in [0.1, 0.15) is 5.75 Å². The molecule has 1 saturated heterocycles. The first-order valence-corrected chi connectivity index (χ1v) is 8.01. The summed E-state index contributed by atoms with van der Waals surface area (Å²) >= 11 is 0. The van der Waals surface area contributed by atoms with Crippen LogP contribution in [0.4, 0.5) is 0 Å². The molecule has 1 heterocycles. The summed E-state index contributed by atoms with van der Waals surface area (Å²) in [6.45, 7) is 4.76. The zero-order valence-corrected chi connectivity index (χ0v) is 12.6. The molecule has 21 heavy (non-hydrogen) atoms. The van der Waals surface area contributed by atoms with E-state index in [9.17, 15) is 4.79 Å². The molecule has 4 heteroatoms. The lowest BCUT2D eigenvalue weighted by atomic mass is 9.79. The van der Waals surface area contributed by atoms with Crippen LogP contribution in [0.25, 0.3) is 0 Å². The molecule has 0 spiro atoms. The zero-order valence-electron chi connectivity index (χ0n) is 12.6. The molecular weight excluding hydrogens is 264 g/mol. The molecule has 1 aliphatic heterocycles. The number of carbonyl (C=O) groups is 1. The van der Waals surface area contributed by atoms with Crippen LogP contribution in [0.1, 0.15) is 36.5 Å². The van der Waals surface area contributed by atoms with Crippen LogP contribution in [0.15, 0.2) is 24.3 Å². The Morgan fingerprint density at radius 1 is 1.29 bits per heavy atom. The predicted molar refractivity (Wildman–Crippen MR) is 82.6 cm³/mol. The van der Waals surface area contributed by atoms with Gasteiger partial charge in [0.25, 0.3) is 5.91 Å². The Kier molecular flexibility index (Phi) is 4.44. The van der Waals surface area contributed by atoms with Crippen molar-refractivity contribution >= 4 is 5.91 Å². The normalized spacial score (nSPS) is 28.0. The number of hydrogen-bond donors (Lipinski definition) is 2. The van der Waals surface area contributed by atoms with Gasteiger partial charge in [-0.2, -0.15) is 0 Å². The van der Waals surface area contributed by atoms with Crippen molar-refractivity contribution in [3.8, 4) is 5.75 Å². The second-order valence-electron chi connectivity index (χ2n) is 6.09. The number of benzene rings is 1. The van der Waals surface area contributed by atoms with Crippen molar-refractivity contribution in [3.63, 3.8) is 0 Å². The third-order valence-corrected chi connectivity index (χ3v) is 4.72. The van der Waals surface area contributed by atoms with Gasteiger partial charge in [-0.1, -0.05) is 12.1 Å². The number of para-hydroxylation sites is 1. The van der Waals surface area contributed by atoms with Crippen LogP contribution in [-0.4, -0.2) is 31.6 Å². The summed E-state index contributed by atoms with van der Waals surface area (Å²) in [6, 6.07) is 7.78. The Labute approximate surface area is 126 Å². The third kappa shape index (κ3) is 3.21. The first-order chi connectivity index (χ1) is 10.3. The van der Waals surface area contributed by atoms with Gasteiger partial charge in [-0.25, -0.2) is 0 Å². The highest BCUT2D eigenvalue weighted by Gasteiger charge is 2.34. The molecule has 2 N–H and O–H groups in total. The molecule has 1 saturated carbocycles. The molecule has 0 bridgehead atoms. The number of carbonyl (C=O) groups excluding carboxylic acids is 1. The average Bonchev–Trinajstić information content (AvgIpc) is 2.95. The summed E-state index contributed by atoms with van der Waals surface area (Å²) in [7, 11) is 0. The van der Waals surface area contributed by atoms with E-state index in [1.54, 1.807) is 0 Å². The SMILES string of the molecule is CCOc1ccccc1C(=O)NC1CC[C@H]2CNC[C@H]2C1. The molecule has 1 amide bonds. The van der Waals surface area contributed by atoms with Gasteiger partial charge in [0.15, 0.2) is 0 Å². The third-order valence-electron chi connectivity index (χ3n) is 4.72. The van der Waals surface area contributed by atoms with Crippen molar-refractivity contribution in [2.45, 2.75) is 32.2 Å². The summed E-state index contributed by atoms with van der Waals surface area (Å²) in [6.07, 6.45) is 3.40. The first-order valence-electron chi connectivity index (χ1n) is 8.01. The number of ether oxygens (including phenoxy) is 1. The summed E-state index contributed by atoms with van der Waals surface area (Å²) in [4.78, 5) is 12.5. The minimum absolute atomic E-state index is 0.00606. The number of hydrogen-bond acceptors (Lipinski definition) is 3. The van der Waals surface area contributed by atoms with Gasteiger partial charge in [-0.05, 0) is 63.2 Å². The first kappa shape index (κ1) is 14.4. The lowest BCUT2D eigenvalue weighted by molar-refractivity contribution is 0.0910. The smallest absolute Gasteiger partial charge is 0.255 e. The van der Waals surface area contributed by atoms with Crippen LogP contribution in [0.5, 0.6) is 5.75 Å². The highest BCUT2D eigenvalue weighted by Crippen LogP contribution is 2.32. The minimum atomic E-state index is -0.00606. The Morgan fingerprint density at radius 2 is 2.10 bits per heavy atom. The van der Waals surface area contributed by atoms with Crippen molar-refractivity contribution in [2.24, 2.45) is 11.8 Å². The van der Waals surface area contributed by atoms with Gasteiger partial charge in [0.2, 0.25) is 0 Å². The fourth-order valence-electron chi connectivity index (χ4n) is 3.63. The van der Waals surface area contributed by atoms with E-state index >= 15 is 0 Å². The molecule has 4 nitrogen and oxygen atoms in total. The van der Waals surface area contributed by atoms with Crippen molar-refractivity contribution < 1.29 is 9.53 Å². The van der Waals surface area contributed by atoms with Crippen LogP contribution in [-0.2, 0) is 0 Å². The largest absolute Gasteiger partial charge is 0.493 e. The number of fused-ring (bicyclic) bond motifs is 1. The van der Waals surface area contributed by atoms with Gasteiger partial charge >= 0.3 is 0 Å². The van der Waals surface area contributed by atoms with E-state index in [-0.39, 0.29) is 5.91 Å². The van der Waals surface area contributed by atoms with E-state index in [2.05, 4.69) is 10.6 Å². The summed E-state index contributed by atoms with van der Waals surface area (Å²) in [5.41, 5.74) is 0.644. The van der Waals surface area contributed by atoms with Crippen LogP contribution in [0.3, 0.4) is 0 Å². The molecule has 2 fully saturated rings. The van der Waals surface area contributed by atoms with E-state index in [0.29, 0.717) is 24.0 Å². The van der Waals surface area contributed by atoms with Gasteiger partial charge in [-0.15, -0.1) is 0 Å². The fraction of sp³-hybridized carbons (Fsp3) is 0.588. The van der Waals surface area contributed by atoms with Gasteiger partial charge < -0.3 is 15.4 Å². The Balaban J connectivity index is 1.63. The summed E-state index contributed by atoms with van der Waals surface area (Å²) in [5, 5.41) is 6.66. The fourth-order valence-corrected chi connectivity index (χ4v) is 3.63. The molecule has 0 aromatic heterocycles. The molecule has 1 aromatic rings. The molecule has 3 rings (SSSR count). The van der Waals surface area contributed by atoms with Crippen LogP contribution in [0, 0.1) is 11.8 Å². The van der Waals surface area contributed by atoms with Crippen molar-refractivity contribution in [3.05, 3.63) is 29.8 Å². The van der Waals surface area contributed by atoms with Crippen LogP contribution >= 0.6 is 0 Å². The Hall–Kier alpha value is -1.55. The van der Waals surface area contributed by atoms with Gasteiger partial charge in [0.05, 0.1) is 12.2 Å². The lowest BCUT2D eigenvalue weighted by Gasteiger charge is -2.31. The van der Waals surface area contributed by atoms with Crippen molar-refractivity contribution in [1.29, 1.82) is 0 Å². The second-order valence-corrected chi connectivity index (χ2v) is 6.09. The number of nitrogens with one attached hydrogen (secondary N) is 2. The molecule has 2 aliphatic rings.